The Morgan fingerprint density at radius 1 is 1.36 bits per heavy atom. The van der Waals surface area contributed by atoms with Gasteiger partial charge in [-0.1, -0.05) is 27.7 Å². The van der Waals surface area contributed by atoms with Gasteiger partial charge in [-0.05, 0) is 23.7 Å². The maximum absolute atomic E-state index is 5.37. The van der Waals surface area contributed by atoms with Gasteiger partial charge in [0.05, 0.1) is 0 Å². The van der Waals surface area contributed by atoms with Crippen molar-refractivity contribution < 1.29 is 4.74 Å². The second kappa shape index (κ2) is 3.14. The van der Waals surface area contributed by atoms with Crippen LogP contribution in [0.15, 0.2) is 0 Å². The Bertz CT molecular complexity index is 117. The summed E-state index contributed by atoms with van der Waals surface area (Å²) < 4.78 is 5.37. The molecule has 0 aromatic rings. The van der Waals surface area contributed by atoms with Crippen molar-refractivity contribution in [3.8, 4) is 0 Å². The van der Waals surface area contributed by atoms with E-state index < -0.39 is 0 Å². The summed E-state index contributed by atoms with van der Waals surface area (Å²) in [6.07, 6.45) is 1.26. The van der Waals surface area contributed by atoms with Gasteiger partial charge in [-0.15, -0.1) is 0 Å². The third kappa shape index (κ3) is 2.19. The zero-order chi connectivity index (χ0) is 8.48. The lowest BCUT2D eigenvalue weighted by Crippen LogP contribution is -2.25. The van der Waals surface area contributed by atoms with E-state index in [2.05, 4.69) is 27.7 Å². The Balaban J connectivity index is 2.46. The van der Waals surface area contributed by atoms with E-state index >= 15 is 0 Å². The van der Waals surface area contributed by atoms with Crippen LogP contribution in [0.4, 0.5) is 0 Å². The molecule has 0 amide bonds. The third-order valence-corrected chi connectivity index (χ3v) is 3.04. The van der Waals surface area contributed by atoms with Gasteiger partial charge >= 0.3 is 0 Å². The van der Waals surface area contributed by atoms with Crippen LogP contribution in [0.25, 0.3) is 0 Å². The SMILES string of the molecule is C[C@H](C1CCOC1)C(C)(C)C. The number of ether oxygens (including phenoxy) is 1. The predicted molar refractivity (Wildman–Crippen MR) is 47.5 cm³/mol. The zero-order valence-electron chi connectivity index (χ0n) is 8.18. The van der Waals surface area contributed by atoms with Gasteiger partial charge in [0.2, 0.25) is 0 Å². The Labute approximate surface area is 70.1 Å². The number of rotatable bonds is 1. The Morgan fingerprint density at radius 2 is 2.00 bits per heavy atom. The largest absolute Gasteiger partial charge is 0.381 e. The molecule has 11 heavy (non-hydrogen) atoms. The fourth-order valence-electron chi connectivity index (χ4n) is 1.65. The number of hydrogen-bond donors (Lipinski definition) is 0. The van der Waals surface area contributed by atoms with Crippen LogP contribution in [0.2, 0.25) is 0 Å². The molecule has 66 valence electrons. The van der Waals surface area contributed by atoms with Crippen LogP contribution in [0.1, 0.15) is 34.1 Å². The summed E-state index contributed by atoms with van der Waals surface area (Å²) in [7, 11) is 0. The summed E-state index contributed by atoms with van der Waals surface area (Å²) in [5.74, 6) is 1.58. The Hall–Kier alpha value is -0.0400. The first-order valence-electron chi connectivity index (χ1n) is 4.59. The van der Waals surface area contributed by atoms with Gasteiger partial charge in [0.1, 0.15) is 0 Å². The molecular weight excluding hydrogens is 136 g/mol. The van der Waals surface area contributed by atoms with Crippen LogP contribution in [0, 0.1) is 17.3 Å². The van der Waals surface area contributed by atoms with E-state index in [1.165, 1.54) is 6.42 Å². The molecule has 1 aliphatic heterocycles. The molecule has 1 heterocycles. The number of hydrogen-bond acceptors (Lipinski definition) is 1. The summed E-state index contributed by atoms with van der Waals surface area (Å²) >= 11 is 0. The normalized spacial score (nSPS) is 28.9. The van der Waals surface area contributed by atoms with Gasteiger partial charge in [0.25, 0.3) is 0 Å². The fraction of sp³-hybridized carbons (Fsp3) is 1.00. The van der Waals surface area contributed by atoms with Gasteiger partial charge in [-0.3, -0.25) is 0 Å². The second-order valence-corrected chi connectivity index (χ2v) is 4.78. The second-order valence-electron chi connectivity index (χ2n) is 4.78. The highest BCUT2D eigenvalue weighted by Gasteiger charge is 2.30. The summed E-state index contributed by atoms with van der Waals surface area (Å²) in [4.78, 5) is 0. The lowest BCUT2D eigenvalue weighted by Gasteiger charge is -2.31. The summed E-state index contributed by atoms with van der Waals surface area (Å²) in [6, 6.07) is 0. The van der Waals surface area contributed by atoms with E-state index in [0.717, 1.165) is 25.0 Å². The van der Waals surface area contributed by atoms with Crippen molar-refractivity contribution in [2.45, 2.75) is 34.1 Å². The van der Waals surface area contributed by atoms with Crippen LogP contribution >= 0.6 is 0 Å². The summed E-state index contributed by atoms with van der Waals surface area (Å²) in [6.45, 7) is 11.3. The molecule has 1 rings (SSSR count). The Kier molecular flexibility index (Phi) is 2.58. The molecule has 0 spiro atoms. The molecule has 1 aliphatic rings. The maximum Gasteiger partial charge on any atom is 0.0497 e. The molecule has 0 aromatic heterocycles. The summed E-state index contributed by atoms with van der Waals surface area (Å²) in [5.41, 5.74) is 0.443. The van der Waals surface area contributed by atoms with Crippen molar-refractivity contribution in [2.75, 3.05) is 13.2 Å². The molecule has 0 aliphatic carbocycles. The molecule has 1 heteroatoms. The van der Waals surface area contributed by atoms with E-state index in [-0.39, 0.29) is 0 Å². The predicted octanol–water partition coefficient (Wildman–Crippen LogP) is 2.71. The zero-order valence-corrected chi connectivity index (χ0v) is 8.18. The molecule has 1 unspecified atom stereocenters. The minimum atomic E-state index is 0.443. The minimum absolute atomic E-state index is 0.443. The topological polar surface area (TPSA) is 9.23 Å². The van der Waals surface area contributed by atoms with Gasteiger partial charge < -0.3 is 4.74 Å². The summed E-state index contributed by atoms with van der Waals surface area (Å²) in [5, 5.41) is 0. The molecule has 0 saturated carbocycles. The first-order chi connectivity index (χ1) is 5.02. The quantitative estimate of drug-likeness (QED) is 0.567. The van der Waals surface area contributed by atoms with Crippen molar-refractivity contribution in [1.82, 2.24) is 0 Å². The monoisotopic (exact) mass is 156 g/mol. The highest BCUT2D eigenvalue weighted by Crippen LogP contribution is 2.35. The minimum Gasteiger partial charge on any atom is -0.381 e. The highest BCUT2D eigenvalue weighted by atomic mass is 16.5. The van der Waals surface area contributed by atoms with Crippen LogP contribution in [0.5, 0.6) is 0 Å². The van der Waals surface area contributed by atoms with Crippen molar-refractivity contribution >= 4 is 0 Å². The van der Waals surface area contributed by atoms with E-state index in [9.17, 15) is 0 Å². The molecule has 1 fully saturated rings. The molecule has 0 radical (unpaired) electrons. The average Bonchev–Trinajstić information content (AvgIpc) is 2.34. The van der Waals surface area contributed by atoms with Crippen molar-refractivity contribution in [1.29, 1.82) is 0 Å². The third-order valence-electron chi connectivity index (χ3n) is 3.04. The van der Waals surface area contributed by atoms with Gasteiger partial charge in [0, 0.05) is 13.2 Å². The first kappa shape index (κ1) is 9.05. The first-order valence-corrected chi connectivity index (χ1v) is 4.59. The fourth-order valence-corrected chi connectivity index (χ4v) is 1.65. The van der Waals surface area contributed by atoms with E-state index in [4.69, 9.17) is 4.74 Å². The molecular formula is C10H20O. The van der Waals surface area contributed by atoms with Crippen LogP contribution in [-0.4, -0.2) is 13.2 Å². The van der Waals surface area contributed by atoms with Crippen molar-refractivity contribution in [3.63, 3.8) is 0 Å². The van der Waals surface area contributed by atoms with Crippen LogP contribution < -0.4 is 0 Å². The van der Waals surface area contributed by atoms with Gasteiger partial charge in [0.15, 0.2) is 0 Å². The van der Waals surface area contributed by atoms with Crippen LogP contribution in [-0.2, 0) is 4.74 Å². The molecule has 1 nitrogen and oxygen atoms in total. The molecule has 2 atom stereocenters. The van der Waals surface area contributed by atoms with Crippen LogP contribution in [0.3, 0.4) is 0 Å². The standard InChI is InChI=1S/C10H20O/c1-8(10(2,3)4)9-5-6-11-7-9/h8-9H,5-7H2,1-4H3/t8-,9?/m1/s1. The lowest BCUT2D eigenvalue weighted by atomic mass is 9.74. The molecule has 0 N–H and O–H groups in total. The van der Waals surface area contributed by atoms with Crippen molar-refractivity contribution in [3.05, 3.63) is 0 Å². The molecule has 1 saturated heterocycles. The maximum atomic E-state index is 5.37. The highest BCUT2D eigenvalue weighted by molar-refractivity contribution is 4.79. The van der Waals surface area contributed by atoms with E-state index in [1.807, 2.05) is 0 Å². The molecule has 0 bridgehead atoms. The smallest absolute Gasteiger partial charge is 0.0497 e. The van der Waals surface area contributed by atoms with Crippen molar-refractivity contribution in [2.24, 2.45) is 17.3 Å². The van der Waals surface area contributed by atoms with E-state index in [1.54, 1.807) is 0 Å². The molecule has 0 aromatic carbocycles. The lowest BCUT2D eigenvalue weighted by molar-refractivity contribution is 0.135. The van der Waals surface area contributed by atoms with Gasteiger partial charge in [-0.2, -0.15) is 0 Å². The van der Waals surface area contributed by atoms with Gasteiger partial charge in [-0.25, -0.2) is 0 Å². The average molecular weight is 156 g/mol. The van der Waals surface area contributed by atoms with E-state index in [0.29, 0.717) is 5.41 Å². The Morgan fingerprint density at radius 3 is 2.36 bits per heavy atom.